The molecule has 122 valence electrons. The molecule has 0 aliphatic carbocycles. The molecule has 0 spiro atoms. The summed E-state index contributed by atoms with van der Waals surface area (Å²) in [6.07, 6.45) is -0.872. The third-order valence-electron chi connectivity index (χ3n) is 3.45. The van der Waals surface area contributed by atoms with Crippen LogP contribution in [0.25, 0.3) is 0 Å². The first kappa shape index (κ1) is 17.2. The predicted molar refractivity (Wildman–Crippen MR) is 89.2 cm³/mol. The molecule has 0 radical (unpaired) electrons. The number of nitriles is 1. The minimum atomic E-state index is -0.872. The van der Waals surface area contributed by atoms with Crippen molar-refractivity contribution >= 4 is 11.9 Å². The minimum absolute atomic E-state index is 0.157. The average Bonchev–Trinajstić information content (AvgIpc) is 2.61. The lowest BCUT2D eigenvalue weighted by Crippen LogP contribution is -2.28. The van der Waals surface area contributed by atoms with Crippen molar-refractivity contribution < 1.29 is 14.3 Å². The van der Waals surface area contributed by atoms with Crippen molar-refractivity contribution in [1.29, 1.82) is 5.26 Å². The highest BCUT2D eigenvalue weighted by Gasteiger charge is 2.21. The topological polar surface area (TPSA) is 70.4 Å². The van der Waals surface area contributed by atoms with Gasteiger partial charge in [-0.2, -0.15) is 5.26 Å². The number of esters is 1. The molecule has 2 rings (SSSR count). The number of hydrogen-bond donors (Lipinski definition) is 0. The van der Waals surface area contributed by atoms with Crippen LogP contribution in [0.2, 0.25) is 0 Å². The highest BCUT2D eigenvalue weighted by molar-refractivity contribution is 6.05. The number of hydrogen-bond acceptors (Lipinski definition) is 4. The van der Waals surface area contributed by atoms with E-state index in [-0.39, 0.29) is 17.0 Å². The van der Waals surface area contributed by atoms with Crippen LogP contribution in [0.4, 0.5) is 0 Å². The van der Waals surface area contributed by atoms with E-state index in [1.54, 1.807) is 25.2 Å². The van der Waals surface area contributed by atoms with Crippen LogP contribution in [-0.2, 0) is 11.3 Å². The van der Waals surface area contributed by atoms with Gasteiger partial charge in [0.15, 0.2) is 6.10 Å². The van der Waals surface area contributed by atoms with Crippen LogP contribution in [0.1, 0.15) is 33.2 Å². The van der Waals surface area contributed by atoms with Crippen molar-refractivity contribution in [2.24, 2.45) is 0 Å². The van der Waals surface area contributed by atoms with Crippen molar-refractivity contribution in [3.8, 4) is 6.07 Å². The van der Waals surface area contributed by atoms with Crippen LogP contribution in [-0.4, -0.2) is 29.9 Å². The Labute approximate surface area is 141 Å². The van der Waals surface area contributed by atoms with Crippen LogP contribution >= 0.6 is 0 Å². The van der Waals surface area contributed by atoms with Gasteiger partial charge in [0.2, 0.25) is 0 Å². The van der Waals surface area contributed by atoms with E-state index in [0.29, 0.717) is 6.54 Å². The maximum absolute atomic E-state index is 12.7. The summed E-state index contributed by atoms with van der Waals surface area (Å²) in [6.45, 7) is 1.90. The molecule has 0 aliphatic rings. The number of amides is 1. The zero-order valence-electron chi connectivity index (χ0n) is 13.6. The van der Waals surface area contributed by atoms with Gasteiger partial charge < -0.3 is 9.64 Å². The van der Waals surface area contributed by atoms with Gasteiger partial charge in [0.1, 0.15) is 6.07 Å². The van der Waals surface area contributed by atoms with E-state index in [1.165, 1.54) is 17.9 Å². The Bertz CT molecular complexity index is 766. The van der Waals surface area contributed by atoms with Crippen molar-refractivity contribution in [1.82, 2.24) is 4.90 Å². The summed E-state index contributed by atoms with van der Waals surface area (Å²) in [5.41, 5.74) is 1.40. The fraction of sp³-hybridized carbons (Fsp3) is 0.211. The van der Waals surface area contributed by atoms with Gasteiger partial charge in [-0.3, -0.25) is 4.79 Å². The Morgan fingerprint density at radius 1 is 1.08 bits per heavy atom. The van der Waals surface area contributed by atoms with Crippen LogP contribution in [0.3, 0.4) is 0 Å². The molecule has 1 amide bonds. The molecule has 24 heavy (non-hydrogen) atoms. The lowest BCUT2D eigenvalue weighted by molar-refractivity contribution is 0.0430. The van der Waals surface area contributed by atoms with Crippen molar-refractivity contribution in [2.75, 3.05) is 7.05 Å². The van der Waals surface area contributed by atoms with Gasteiger partial charge in [0.05, 0.1) is 11.1 Å². The van der Waals surface area contributed by atoms with Crippen LogP contribution < -0.4 is 0 Å². The standard InChI is InChI=1S/C19H18N2O3/c1-14(12-20)24-19(23)17-11-7-6-10-16(17)18(22)21(2)13-15-8-4-3-5-9-15/h3-11,14H,13H2,1-2H3/t14-/m1/s1. The molecule has 0 heterocycles. The summed E-state index contributed by atoms with van der Waals surface area (Å²) >= 11 is 0. The molecule has 0 fully saturated rings. The van der Waals surface area contributed by atoms with E-state index in [9.17, 15) is 9.59 Å². The van der Waals surface area contributed by atoms with Crippen molar-refractivity contribution in [3.63, 3.8) is 0 Å². The zero-order valence-corrected chi connectivity index (χ0v) is 13.6. The fourth-order valence-corrected chi connectivity index (χ4v) is 2.23. The minimum Gasteiger partial charge on any atom is -0.444 e. The third-order valence-corrected chi connectivity index (χ3v) is 3.45. The first-order valence-electron chi connectivity index (χ1n) is 7.52. The Balaban J connectivity index is 2.20. The second-order valence-electron chi connectivity index (χ2n) is 5.37. The predicted octanol–water partition coefficient (Wildman–Crippen LogP) is 3.03. The molecule has 0 saturated carbocycles. The SMILES string of the molecule is C[C@H](C#N)OC(=O)c1ccccc1C(=O)N(C)Cc1ccccc1. The number of nitrogens with zero attached hydrogens (tertiary/aromatic N) is 2. The molecule has 0 unspecified atom stereocenters. The Morgan fingerprint density at radius 2 is 1.67 bits per heavy atom. The lowest BCUT2D eigenvalue weighted by atomic mass is 10.1. The summed E-state index contributed by atoms with van der Waals surface area (Å²) in [6, 6.07) is 17.9. The lowest BCUT2D eigenvalue weighted by Gasteiger charge is -2.19. The van der Waals surface area contributed by atoms with E-state index in [1.807, 2.05) is 36.4 Å². The molecular formula is C19H18N2O3. The molecule has 5 heteroatoms. The number of ether oxygens (including phenoxy) is 1. The molecule has 5 nitrogen and oxygen atoms in total. The molecule has 0 aliphatic heterocycles. The number of rotatable bonds is 5. The van der Waals surface area contributed by atoms with Gasteiger partial charge >= 0.3 is 5.97 Å². The first-order chi connectivity index (χ1) is 11.5. The number of benzene rings is 2. The van der Waals surface area contributed by atoms with Crippen LogP contribution in [0.15, 0.2) is 54.6 Å². The summed E-state index contributed by atoms with van der Waals surface area (Å²) in [4.78, 5) is 26.4. The van der Waals surface area contributed by atoms with Gasteiger partial charge in [0.25, 0.3) is 5.91 Å². The molecule has 2 aromatic carbocycles. The third kappa shape index (κ3) is 4.20. The van der Waals surface area contributed by atoms with Gasteiger partial charge in [-0.15, -0.1) is 0 Å². The molecule has 0 bridgehead atoms. The average molecular weight is 322 g/mol. The van der Waals surface area contributed by atoms with Crippen molar-refractivity contribution in [2.45, 2.75) is 19.6 Å². The summed E-state index contributed by atoms with van der Waals surface area (Å²) in [7, 11) is 1.68. The maximum atomic E-state index is 12.7. The molecule has 1 atom stereocenters. The largest absolute Gasteiger partial charge is 0.444 e. The summed E-state index contributed by atoms with van der Waals surface area (Å²) < 4.78 is 5.00. The number of carbonyl (C=O) groups is 2. The Morgan fingerprint density at radius 3 is 2.29 bits per heavy atom. The second kappa shape index (κ2) is 7.93. The van der Waals surface area contributed by atoms with Gasteiger partial charge in [0, 0.05) is 13.6 Å². The van der Waals surface area contributed by atoms with E-state index in [0.717, 1.165) is 5.56 Å². The van der Waals surface area contributed by atoms with E-state index < -0.39 is 12.1 Å². The van der Waals surface area contributed by atoms with Gasteiger partial charge in [-0.25, -0.2) is 4.79 Å². The highest BCUT2D eigenvalue weighted by Crippen LogP contribution is 2.15. The Kier molecular flexibility index (Phi) is 5.69. The first-order valence-corrected chi connectivity index (χ1v) is 7.52. The van der Waals surface area contributed by atoms with Gasteiger partial charge in [-0.05, 0) is 24.6 Å². The smallest absolute Gasteiger partial charge is 0.340 e. The van der Waals surface area contributed by atoms with Crippen LogP contribution in [0, 0.1) is 11.3 Å². The quantitative estimate of drug-likeness (QED) is 0.793. The summed E-state index contributed by atoms with van der Waals surface area (Å²) in [5, 5.41) is 8.76. The van der Waals surface area contributed by atoms with E-state index in [4.69, 9.17) is 10.00 Å². The zero-order chi connectivity index (χ0) is 17.5. The second-order valence-corrected chi connectivity index (χ2v) is 5.37. The highest BCUT2D eigenvalue weighted by atomic mass is 16.5. The molecule has 2 aromatic rings. The molecule has 0 N–H and O–H groups in total. The monoisotopic (exact) mass is 322 g/mol. The molecule has 0 aromatic heterocycles. The Hall–Kier alpha value is -3.13. The van der Waals surface area contributed by atoms with E-state index in [2.05, 4.69) is 0 Å². The van der Waals surface area contributed by atoms with Gasteiger partial charge in [-0.1, -0.05) is 42.5 Å². The summed E-state index contributed by atoms with van der Waals surface area (Å²) in [5.74, 6) is -0.961. The fourth-order valence-electron chi connectivity index (χ4n) is 2.23. The molecule has 0 saturated heterocycles. The number of carbonyl (C=O) groups excluding carboxylic acids is 2. The maximum Gasteiger partial charge on any atom is 0.340 e. The van der Waals surface area contributed by atoms with Crippen molar-refractivity contribution in [3.05, 3.63) is 71.3 Å². The molecular weight excluding hydrogens is 304 g/mol. The normalized spacial score (nSPS) is 11.2. The van der Waals surface area contributed by atoms with Crippen LogP contribution in [0.5, 0.6) is 0 Å². The van der Waals surface area contributed by atoms with E-state index >= 15 is 0 Å².